The number of rotatable bonds is 8. The molecule has 0 radical (unpaired) electrons. The molecule has 3 aromatic rings. The summed E-state index contributed by atoms with van der Waals surface area (Å²) in [5, 5.41) is 21.9. The van der Waals surface area contributed by atoms with Crippen LogP contribution >= 0.6 is 0 Å². The number of aryl methyl sites for hydroxylation is 1. The van der Waals surface area contributed by atoms with Crippen LogP contribution in [-0.2, 0) is 17.8 Å². The minimum atomic E-state index is -1.02. The van der Waals surface area contributed by atoms with E-state index in [1.807, 2.05) is 37.3 Å². The fourth-order valence-corrected chi connectivity index (χ4v) is 2.90. The van der Waals surface area contributed by atoms with Crippen molar-refractivity contribution in [3.8, 4) is 11.8 Å². The van der Waals surface area contributed by atoms with Crippen LogP contribution in [0, 0.1) is 11.3 Å². The van der Waals surface area contributed by atoms with Gasteiger partial charge in [0, 0.05) is 29.2 Å². The smallest absolute Gasteiger partial charge is 0.330 e. The molecule has 0 aliphatic rings. The van der Waals surface area contributed by atoms with Crippen molar-refractivity contribution in [1.29, 1.82) is 5.26 Å². The Morgan fingerprint density at radius 2 is 2.00 bits per heavy atom. The Labute approximate surface area is 169 Å². The molecule has 1 aromatic heterocycles. The highest BCUT2D eigenvalue weighted by Crippen LogP contribution is 2.30. The van der Waals surface area contributed by atoms with E-state index in [0.717, 1.165) is 17.5 Å². The van der Waals surface area contributed by atoms with Crippen LogP contribution in [0.4, 0.5) is 5.69 Å². The van der Waals surface area contributed by atoms with Crippen LogP contribution in [0.1, 0.15) is 35.2 Å². The normalized spacial score (nSPS) is 11.3. The third-order valence-corrected chi connectivity index (χ3v) is 4.48. The number of hydrogen-bond acceptors (Lipinski definition) is 5. The molecule has 2 N–H and O–H groups in total. The van der Waals surface area contributed by atoms with Crippen LogP contribution in [0.25, 0.3) is 0 Å². The Kier molecular flexibility index (Phi) is 6.43. The summed E-state index contributed by atoms with van der Waals surface area (Å²) in [6.07, 6.45) is 4.18. The van der Waals surface area contributed by atoms with Crippen molar-refractivity contribution in [3.05, 3.63) is 89.2 Å². The molecule has 0 bridgehead atoms. The molecule has 3 rings (SSSR count). The second kappa shape index (κ2) is 9.38. The lowest BCUT2D eigenvalue weighted by Gasteiger charge is -2.20. The fourth-order valence-electron chi connectivity index (χ4n) is 2.90. The molecule has 0 aliphatic carbocycles. The van der Waals surface area contributed by atoms with E-state index < -0.39 is 12.0 Å². The Bertz CT molecular complexity index is 1010. The maximum Gasteiger partial charge on any atom is 0.330 e. The van der Waals surface area contributed by atoms with Crippen LogP contribution in [0.2, 0.25) is 0 Å². The highest BCUT2D eigenvalue weighted by molar-refractivity contribution is 5.80. The van der Waals surface area contributed by atoms with Crippen molar-refractivity contribution in [2.24, 2.45) is 0 Å². The largest absolute Gasteiger partial charge is 0.488 e. The van der Waals surface area contributed by atoms with E-state index in [4.69, 9.17) is 10.00 Å². The van der Waals surface area contributed by atoms with Gasteiger partial charge >= 0.3 is 5.97 Å². The van der Waals surface area contributed by atoms with E-state index in [1.54, 1.807) is 42.7 Å². The molecule has 0 fully saturated rings. The summed E-state index contributed by atoms with van der Waals surface area (Å²) in [7, 11) is 0. The molecule has 6 nitrogen and oxygen atoms in total. The Morgan fingerprint density at radius 1 is 1.21 bits per heavy atom. The van der Waals surface area contributed by atoms with Crippen molar-refractivity contribution >= 4 is 11.7 Å². The molecule has 0 saturated carbocycles. The van der Waals surface area contributed by atoms with Crippen molar-refractivity contribution in [1.82, 2.24) is 4.98 Å². The number of hydrogen-bond donors (Lipinski definition) is 2. The number of carboxylic acid groups (broad SMARTS) is 1. The number of carbonyl (C=O) groups is 1. The van der Waals surface area contributed by atoms with Gasteiger partial charge in [0.05, 0.1) is 11.6 Å². The number of ether oxygens (including phenoxy) is 1. The van der Waals surface area contributed by atoms with Crippen molar-refractivity contribution in [2.45, 2.75) is 26.0 Å². The fraction of sp³-hybridized carbons (Fsp3) is 0.174. The predicted octanol–water partition coefficient (Wildman–Crippen LogP) is 4.33. The summed E-state index contributed by atoms with van der Waals surface area (Å²) in [4.78, 5) is 16.1. The zero-order chi connectivity index (χ0) is 20.6. The highest BCUT2D eigenvalue weighted by Gasteiger charge is 2.24. The van der Waals surface area contributed by atoms with Gasteiger partial charge in [-0.05, 0) is 54.4 Å². The first-order chi connectivity index (χ1) is 14.1. The zero-order valence-electron chi connectivity index (χ0n) is 16.0. The van der Waals surface area contributed by atoms with E-state index in [1.165, 1.54) is 0 Å². The third kappa shape index (κ3) is 5.11. The predicted molar refractivity (Wildman–Crippen MR) is 110 cm³/mol. The number of aromatic nitrogens is 1. The maximum atomic E-state index is 12.1. The van der Waals surface area contributed by atoms with Crippen LogP contribution in [0.3, 0.4) is 0 Å². The van der Waals surface area contributed by atoms with Crippen LogP contribution in [0.5, 0.6) is 5.75 Å². The molecule has 146 valence electrons. The second-order valence-corrected chi connectivity index (χ2v) is 6.48. The number of carboxylic acids is 1. The molecule has 0 saturated heterocycles. The first-order valence-corrected chi connectivity index (χ1v) is 9.24. The van der Waals surface area contributed by atoms with E-state index in [0.29, 0.717) is 22.6 Å². The summed E-state index contributed by atoms with van der Waals surface area (Å²) in [5.74, 6) is -0.520. The molecule has 1 atom stereocenters. The van der Waals surface area contributed by atoms with Crippen molar-refractivity contribution < 1.29 is 14.6 Å². The van der Waals surface area contributed by atoms with Gasteiger partial charge in [-0.2, -0.15) is 5.26 Å². The van der Waals surface area contributed by atoms with Crippen LogP contribution in [-0.4, -0.2) is 16.1 Å². The van der Waals surface area contributed by atoms with E-state index in [-0.39, 0.29) is 6.61 Å². The number of nitrogens with one attached hydrogen (secondary N) is 1. The molecule has 0 amide bonds. The summed E-state index contributed by atoms with van der Waals surface area (Å²) in [6.45, 7) is 2.30. The molecule has 1 heterocycles. The average molecular weight is 387 g/mol. The second-order valence-electron chi connectivity index (χ2n) is 6.48. The molecule has 0 aliphatic heterocycles. The van der Waals surface area contributed by atoms with E-state index in [2.05, 4.69) is 10.3 Å². The van der Waals surface area contributed by atoms with Gasteiger partial charge in [-0.1, -0.05) is 19.1 Å². The number of pyridine rings is 1. The average Bonchev–Trinajstić information content (AvgIpc) is 2.77. The summed E-state index contributed by atoms with van der Waals surface area (Å²) in [6, 6.07) is 17.0. The lowest BCUT2D eigenvalue weighted by Crippen LogP contribution is -2.21. The van der Waals surface area contributed by atoms with Gasteiger partial charge in [0.15, 0.2) is 6.04 Å². The number of nitrogens with zero attached hydrogens (tertiary/aromatic N) is 2. The van der Waals surface area contributed by atoms with Crippen LogP contribution < -0.4 is 10.1 Å². The Hall–Kier alpha value is -3.85. The van der Waals surface area contributed by atoms with E-state index in [9.17, 15) is 9.90 Å². The lowest BCUT2D eigenvalue weighted by atomic mass is 10.0. The zero-order valence-corrected chi connectivity index (χ0v) is 16.0. The molecular formula is C23H21N3O3. The van der Waals surface area contributed by atoms with Crippen molar-refractivity contribution in [2.75, 3.05) is 5.32 Å². The van der Waals surface area contributed by atoms with Gasteiger partial charge in [0.25, 0.3) is 0 Å². The van der Waals surface area contributed by atoms with Crippen LogP contribution in [0.15, 0.2) is 67.0 Å². The summed E-state index contributed by atoms with van der Waals surface area (Å²) in [5.41, 5.74) is 3.57. The lowest BCUT2D eigenvalue weighted by molar-refractivity contribution is -0.138. The standard InChI is InChI=1S/C23H21N3O3/c1-2-16-7-10-21(29-15-18-4-3-11-25-14-18)20(12-16)22(23(27)28)26-19-8-5-17(13-24)6-9-19/h3-12,14,22,26H,2,15H2,1H3,(H,27,28). The molecule has 2 aromatic carbocycles. The number of anilines is 1. The molecule has 0 spiro atoms. The molecule has 29 heavy (non-hydrogen) atoms. The maximum absolute atomic E-state index is 12.1. The number of benzene rings is 2. The monoisotopic (exact) mass is 387 g/mol. The summed E-state index contributed by atoms with van der Waals surface area (Å²) < 4.78 is 5.94. The highest BCUT2D eigenvalue weighted by atomic mass is 16.5. The Morgan fingerprint density at radius 3 is 2.62 bits per heavy atom. The first-order valence-electron chi connectivity index (χ1n) is 9.24. The number of nitriles is 1. The minimum absolute atomic E-state index is 0.287. The summed E-state index contributed by atoms with van der Waals surface area (Å²) >= 11 is 0. The van der Waals surface area contributed by atoms with Gasteiger partial charge in [-0.15, -0.1) is 0 Å². The number of aliphatic carboxylic acids is 1. The van der Waals surface area contributed by atoms with Crippen molar-refractivity contribution in [3.63, 3.8) is 0 Å². The molecule has 6 heteroatoms. The topological polar surface area (TPSA) is 95.2 Å². The van der Waals surface area contributed by atoms with Gasteiger partial charge < -0.3 is 15.2 Å². The Balaban J connectivity index is 1.90. The quantitative estimate of drug-likeness (QED) is 0.597. The first kappa shape index (κ1) is 19.9. The molecular weight excluding hydrogens is 366 g/mol. The van der Waals surface area contributed by atoms with Gasteiger partial charge in [-0.25, -0.2) is 4.79 Å². The SMILES string of the molecule is CCc1ccc(OCc2cccnc2)c(C(Nc2ccc(C#N)cc2)C(=O)O)c1. The van der Waals surface area contributed by atoms with Gasteiger partial charge in [0.1, 0.15) is 12.4 Å². The van der Waals surface area contributed by atoms with Gasteiger partial charge in [0.2, 0.25) is 0 Å². The minimum Gasteiger partial charge on any atom is -0.488 e. The third-order valence-electron chi connectivity index (χ3n) is 4.48. The van der Waals surface area contributed by atoms with Gasteiger partial charge in [-0.3, -0.25) is 4.98 Å². The molecule has 1 unspecified atom stereocenters. The van der Waals surface area contributed by atoms with E-state index >= 15 is 0 Å².